The van der Waals surface area contributed by atoms with Crippen LogP contribution in [0.25, 0.3) is 0 Å². The van der Waals surface area contributed by atoms with Gasteiger partial charge in [-0.3, -0.25) is 9.69 Å². The first kappa shape index (κ1) is 22.5. The number of halogens is 3. The highest BCUT2D eigenvalue weighted by molar-refractivity contribution is 14.1. The largest absolute Gasteiger partial charge is 0.444 e. The zero-order chi connectivity index (χ0) is 21.5. The zero-order valence-electron chi connectivity index (χ0n) is 17.0. The van der Waals surface area contributed by atoms with Gasteiger partial charge in [0, 0.05) is 22.5 Å². The number of amides is 2. The van der Waals surface area contributed by atoms with Crippen LogP contribution in [0.1, 0.15) is 64.1 Å². The van der Waals surface area contributed by atoms with Crippen LogP contribution in [0.2, 0.25) is 5.15 Å². The Bertz CT molecular complexity index is 813. The number of carbonyl (C=O) groups excluding carboxylic acids is 2. The maximum atomic E-state index is 14.3. The molecule has 2 fully saturated rings. The molecule has 1 N–H and O–H groups in total. The highest BCUT2D eigenvalue weighted by Gasteiger charge is 2.46. The Morgan fingerprint density at radius 3 is 2.66 bits per heavy atom. The van der Waals surface area contributed by atoms with Crippen molar-refractivity contribution in [2.75, 3.05) is 0 Å². The molecule has 0 radical (unpaired) electrons. The van der Waals surface area contributed by atoms with Crippen molar-refractivity contribution < 1.29 is 18.7 Å². The van der Waals surface area contributed by atoms with E-state index in [4.69, 9.17) is 16.3 Å². The number of hydrogen-bond acceptors (Lipinski definition) is 4. The van der Waals surface area contributed by atoms with Crippen LogP contribution in [0.3, 0.4) is 0 Å². The average Bonchev–Trinajstić information content (AvgIpc) is 3.39. The number of aromatic nitrogens is 1. The molecule has 9 heteroatoms. The van der Waals surface area contributed by atoms with Crippen molar-refractivity contribution in [3.63, 3.8) is 0 Å². The summed E-state index contributed by atoms with van der Waals surface area (Å²) >= 11 is 8.38. The number of nitrogens with one attached hydrogen (secondary N) is 1. The SMILES string of the molecule is CC1C(F)CC(C(=O)NCc2cc(Cl)nc(C3CC3)c2I)N1C(=O)OC(C)(C)C. The lowest BCUT2D eigenvalue weighted by atomic mass is 10.1. The minimum atomic E-state index is -1.28. The van der Waals surface area contributed by atoms with Crippen molar-refractivity contribution in [1.29, 1.82) is 0 Å². The monoisotopic (exact) mass is 537 g/mol. The highest BCUT2D eigenvalue weighted by atomic mass is 127. The minimum absolute atomic E-state index is 0.0479. The first-order valence-corrected chi connectivity index (χ1v) is 11.2. The van der Waals surface area contributed by atoms with E-state index in [9.17, 15) is 14.0 Å². The number of ether oxygens (including phenoxy) is 1. The summed E-state index contributed by atoms with van der Waals surface area (Å²) in [4.78, 5) is 31.0. The topological polar surface area (TPSA) is 71.5 Å². The van der Waals surface area contributed by atoms with Crippen LogP contribution in [-0.2, 0) is 16.1 Å². The molecule has 2 amide bonds. The van der Waals surface area contributed by atoms with Crippen molar-refractivity contribution in [2.24, 2.45) is 0 Å². The first-order valence-electron chi connectivity index (χ1n) is 9.76. The van der Waals surface area contributed by atoms with Crippen LogP contribution in [0.15, 0.2) is 6.07 Å². The summed E-state index contributed by atoms with van der Waals surface area (Å²) in [7, 11) is 0. The summed E-state index contributed by atoms with van der Waals surface area (Å²) in [5, 5.41) is 3.23. The van der Waals surface area contributed by atoms with Crippen molar-refractivity contribution in [3.8, 4) is 0 Å². The molecule has 1 saturated heterocycles. The molecule has 1 aliphatic heterocycles. The number of alkyl halides is 1. The van der Waals surface area contributed by atoms with Gasteiger partial charge in [-0.2, -0.15) is 0 Å². The van der Waals surface area contributed by atoms with Crippen LogP contribution in [0, 0.1) is 3.57 Å². The minimum Gasteiger partial charge on any atom is -0.444 e. The Labute approximate surface area is 189 Å². The highest BCUT2D eigenvalue weighted by Crippen LogP contribution is 2.42. The predicted octanol–water partition coefficient (Wildman–Crippen LogP) is 4.57. The molecular formula is C20H26ClFIN3O3. The van der Waals surface area contributed by atoms with Crippen LogP contribution < -0.4 is 5.32 Å². The predicted molar refractivity (Wildman–Crippen MR) is 117 cm³/mol. The normalized spacial score (nSPS) is 24.5. The number of carbonyl (C=O) groups is 2. The summed E-state index contributed by atoms with van der Waals surface area (Å²) in [6, 6.07) is 0.0985. The summed E-state index contributed by atoms with van der Waals surface area (Å²) in [5.74, 6) is 0.0280. The van der Waals surface area contributed by atoms with E-state index in [1.54, 1.807) is 33.8 Å². The molecule has 6 nitrogen and oxygen atoms in total. The second-order valence-corrected chi connectivity index (χ2v) is 10.2. The van der Waals surface area contributed by atoms with Gasteiger partial charge in [0.05, 0.1) is 11.7 Å². The fourth-order valence-electron chi connectivity index (χ4n) is 3.45. The summed E-state index contributed by atoms with van der Waals surface area (Å²) in [6.07, 6.45) is 0.182. The molecule has 1 aliphatic carbocycles. The van der Waals surface area contributed by atoms with Gasteiger partial charge in [0.25, 0.3) is 0 Å². The fraction of sp³-hybridized carbons (Fsp3) is 0.650. The van der Waals surface area contributed by atoms with E-state index in [2.05, 4.69) is 32.9 Å². The van der Waals surface area contributed by atoms with E-state index in [1.165, 1.54) is 4.90 Å². The van der Waals surface area contributed by atoms with Crippen molar-refractivity contribution in [1.82, 2.24) is 15.2 Å². The van der Waals surface area contributed by atoms with Gasteiger partial charge in [-0.05, 0) is 74.8 Å². The molecule has 2 aliphatic rings. The molecule has 29 heavy (non-hydrogen) atoms. The molecular weight excluding hydrogens is 512 g/mol. The molecule has 0 aromatic carbocycles. The third kappa shape index (κ3) is 5.31. The number of likely N-dealkylation sites (tertiary alicyclic amines) is 1. The van der Waals surface area contributed by atoms with Gasteiger partial charge >= 0.3 is 6.09 Å². The van der Waals surface area contributed by atoms with E-state index >= 15 is 0 Å². The molecule has 2 heterocycles. The molecule has 160 valence electrons. The van der Waals surface area contributed by atoms with Crippen molar-refractivity contribution >= 4 is 46.2 Å². The third-order valence-corrected chi connectivity index (χ3v) is 6.54. The fourth-order valence-corrected chi connectivity index (χ4v) is 4.58. The third-order valence-electron chi connectivity index (χ3n) is 5.10. The van der Waals surface area contributed by atoms with Gasteiger partial charge in [-0.1, -0.05) is 11.6 Å². The lowest BCUT2D eigenvalue weighted by molar-refractivity contribution is -0.126. The van der Waals surface area contributed by atoms with Gasteiger partial charge < -0.3 is 10.1 Å². The van der Waals surface area contributed by atoms with Gasteiger partial charge in [-0.15, -0.1) is 0 Å². The maximum absolute atomic E-state index is 14.3. The van der Waals surface area contributed by atoms with Gasteiger partial charge in [0.2, 0.25) is 5.91 Å². The second kappa shape index (κ2) is 8.53. The van der Waals surface area contributed by atoms with E-state index in [1.807, 2.05) is 0 Å². The lowest BCUT2D eigenvalue weighted by Gasteiger charge is -2.30. The molecule has 3 unspecified atom stereocenters. The maximum Gasteiger partial charge on any atom is 0.411 e. The quantitative estimate of drug-likeness (QED) is 0.451. The molecule has 1 aromatic rings. The molecule has 0 bridgehead atoms. The second-order valence-electron chi connectivity index (χ2n) is 8.69. The summed E-state index contributed by atoms with van der Waals surface area (Å²) in [5.41, 5.74) is 1.11. The number of rotatable bonds is 4. The molecule has 1 saturated carbocycles. The molecule has 3 rings (SSSR count). The lowest BCUT2D eigenvalue weighted by Crippen LogP contribution is -2.50. The molecule has 0 spiro atoms. The van der Waals surface area contributed by atoms with E-state index in [-0.39, 0.29) is 13.0 Å². The van der Waals surface area contributed by atoms with Gasteiger partial charge in [-0.25, -0.2) is 14.2 Å². The van der Waals surface area contributed by atoms with E-state index in [0.29, 0.717) is 11.1 Å². The molecule has 3 atom stereocenters. The number of pyridine rings is 1. The standard InChI is InChI=1S/C20H26ClFIN3O3/c1-10-13(22)8-14(26(10)19(28)29-20(2,3)4)18(27)24-9-12-7-15(21)25-17(16(12)23)11-5-6-11/h7,10-11,13-14H,5-6,8-9H2,1-4H3,(H,24,27). The Hall–Kier alpha value is -1.16. The van der Waals surface area contributed by atoms with Crippen molar-refractivity contribution in [3.05, 3.63) is 26.0 Å². The summed E-state index contributed by atoms with van der Waals surface area (Å²) in [6.45, 7) is 7.04. The summed E-state index contributed by atoms with van der Waals surface area (Å²) < 4.78 is 20.7. The zero-order valence-corrected chi connectivity index (χ0v) is 19.9. The van der Waals surface area contributed by atoms with Crippen LogP contribution in [-0.4, -0.2) is 45.7 Å². The van der Waals surface area contributed by atoms with Crippen LogP contribution >= 0.6 is 34.2 Å². The van der Waals surface area contributed by atoms with Crippen LogP contribution in [0.5, 0.6) is 0 Å². The Kier molecular flexibility index (Phi) is 6.62. The van der Waals surface area contributed by atoms with Gasteiger partial charge in [0.15, 0.2) is 0 Å². The number of hydrogen-bond donors (Lipinski definition) is 1. The Morgan fingerprint density at radius 1 is 1.41 bits per heavy atom. The smallest absolute Gasteiger partial charge is 0.411 e. The Balaban J connectivity index is 1.72. The average molecular weight is 538 g/mol. The Morgan fingerprint density at radius 2 is 2.07 bits per heavy atom. The van der Waals surface area contributed by atoms with Crippen molar-refractivity contribution in [2.45, 2.75) is 83.3 Å². The molecule has 1 aromatic heterocycles. The van der Waals surface area contributed by atoms with Gasteiger partial charge in [0.1, 0.15) is 23.0 Å². The first-order chi connectivity index (χ1) is 13.5. The van der Waals surface area contributed by atoms with E-state index < -0.39 is 35.9 Å². The number of nitrogens with zero attached hydrogens (tertiary/aromatic N) is 2. The van der Waals surface area contributed by atoms with Crippen LogP contribution in [0.4, 0.5) is 9.18 Å². The van der Waals surface area contributed by atoms with E-state index in [0.717, 1.165) is 27.7 Å².